The van der Waals surface area contributed by atoms with E-state index in [9.17, 15) is 0 Å². The molecule has 5 nitrogen and oxygen atoms in total. The van der Waals surface area contributed by atoms with Crippen LogP contribution in [0.3, 0.4) is 0 Å². The number of rotatable bonds is 2. The molecule has 1 heterocycles. The molecule has 1 aromatic rings. The molecule has 14 heavy (non-hydrogen) atoms. The van der Waals surface area contributed by atoms with Crippen molar-refractivity contribution in [2.24, 2.45) is 10.8 Å². The molecule has 1 aromatic heterocycles. The zero-order valence-corrected chi connectivity index (χ0v) is 10.5. The molecule has 0 aromatic carbocycles. The van der Waals surface area contributed by atoms with Crippen LogP contribution in [0.4, 0.5) is 0 Å². The second kappa shape index (κ2) is 6.72. The van der Waals surface area contributed by atoms with E-state index in [1.165, 1.54) is 18.5 Å². The molecule has 0 saturated heterocycles. The molecule has 0 atom stereocenters. The van der Waals surface area contributed by atoms with Crippen molar-refractivity contribution >= 4 is 53.1 Å². The molecule has 0 fully saturated rings. The van der Waals surface area contributed by atoms with Crippen LogP contribution in [0, 0.1) is 0 Å². The maximum atomic E-state index is 8.91. The van der Waals surface area contributed by atoms with Crippen molar-refractivity contribution in [3.63, 3.8) is 0 Å². The Morgan fingerprint density at radius 2 is 2.36 bits per heavy atom. The SMILES string of the molecule is NC(=S)NN=Cc1ccc(O)cn1.[Na]. The molecular formula is C7H8N4NaOS. The van der Waals surface area contributed by atoms with Gasteiger partial charge in [0.15, 0.2) is 5.11 Å². The summed E-state index contributed by atoms with van der Waals surface area (Å²) in [7, 11) is 0. The summed E-state index contributed by atoms with van der Waals surface area (Å²) in [5.74, 6) is 0.111. The minimum Gasteiger partial charge on any atom is -0.506 e. The van der Waals surface area contributed by atoms with Crippen LogP contribution in [0.25, 0.3) is 0 Å². The van der Waals surface area contributed by atoms with Gasteiger partial charge in [0.2, 0.25) is 0 Å². The van der Waals surface area contributed by atoms with E-state index in [0.717, 1.165) is 0 Å². The predicted molar refractivity (Wildman–Crippen MR) is 59.2 cm³/mol. The van der Waals surface area contributed by atoms with Crippen LogP contribution in [0.15, 0.2) is 23.4 Å². The van der Waals surface area contributed by atoms with Gasteiger partial charge in [0.25, 0.3) is 0 Å². The molecule has 0 saturated carbocycles. The monoisotopic (exact) mass is 219 g/mol. The third kappa shape index (κ3) is 5.13. The van der Waals surface area contributed by atoms with E-state index in [2.05, 4.69) is 27.7 Å². The molecule has 0 unspecified atom stereocenters. The second-order valence-electron chi connectivity index (χ2n) is 2.18. The minimum absolute atomic E-state index is 0. The van der Waals surface area contributed by atoms with Crippen LogP contribution in [0.2, 0.25) is 0 Å². The summed E-state index contributed by atoms with van der Waals surface area (Å²) >= 11 is 4.52. The van der Waals surface area contributed by atoms with Crippen LogP contribution in [0.5, 0.6) is 5.75 Å². The van der Waals surface area contributed by atoms with Gasteiger partial charge in [-0.2, -0.15) is 5.10 Å². The maximum absolute atomic E-state index is 8.91. The van der Waals surface area contributed by atoms with Crippen molar-refractivity contribution < 1.29 is 5.11 Å². The Labute approximate surface area is 109 Å². The van der Waals surface area contributed by atoms with Crippen molar-refractivity contribution in [2.45, 2.75) is 0 Å². The third-order valence-corrected chi connectivity index (χ3v) is 1.23. The van der Waals surface area contributed by atoms with Crippen molar-refractivity contribution in [3.05, 3.63) is 24.0 Å². The zero-order chi connectivity index (χ0) is 9.68. The number of nitrogens with one attached hydrogen (secondary N) is 1. The van der Waals surface area contributed by atoms with E-state index in [-0.39, 0.29) is 40.4 Å². The van der Waals surface area contributed by atoms with E-state index in [1.54, 1.807) is 6.07 Å². The Morgan fingerprint density at radius 1 is 1.64 bits per heavy atom. The fraction of sp³-hybridized carbons (Fsp3) is 0. The second-order valence-corrected chi connectivity index (χ2v) is 2.62. The van der Waals surface area contributed by atoms with Gasteiger partial charge in [0.1, 0.15) is 5.75 Å². The molecule has 0 bridgehead atoms. The number of aromatic nitrogens is 1. The first-order chi connectivity index (χ1) is 6.18. The molecule has 7 heteroatoms. The van der Waals surface area contributed by atoms with Gasteiger partial charge in [0, 0.05) is 29.6 Å². The van der Waals surface area contributed by atoms with Gasteiger partial charge in [-0.3, -0.25) is 10.4 Å². The van der Waals surface area contributed by atoms with Crippen molar-refractivity contribution in [1.82, 2.24) is 10.4 Å². The number of thiocarbonyl (C=S) groups is 1. The summed E-state index contributed by atoms with van der Waals surface area (Å²) in [5.41, 5.74) is 8.11. The van der Waals surface area contributed by atoms with E-state index in [1.807, 2.05) is 0 Å². The fourth-order valence-electron chi connectivity index (χ4n) is 0.636. The van der Waals surface area contributed by atoms with Crippen LogP contribution >= 0.6 is 12.2 Å². The smallest absolute Gasteiger partial charge is 0.184 e. The summed E-state index contributed by atoms with van der Waals surface area (Å²) in [6.45, 7) is 0. The van der Waals surface area contributed by atoms with Crippen molar-refractivity contribution in [2.75, 3.05) is 0 Å². The average Bonchev–Trinajstić information content (AvgIpc) is 2.08. The van der Waals surface area contributed by atoms with Gasteiger partial charge < -0.3 is 10.8 Å². The van der Waals surface area contributed by atoms with Crippen LogP contribution in [-0.2, 0) is 0 Å². The number of nitrogens with two attached hydrogens (primary N) is 1. The minimum atomic E-state index is 0. The summed E-state index contributed by atoms with van der Waals surface area (Å²) in [5, 5.41) is 12.7. The number of hydrogen-bond donors (Lipinski definition) is 3. The Morgan fingerprint density at radius 3 is 2.86 bits per heavy atom. The molecule has 4 N–H and O–H groups in total. The number of hydrogen-bond acceptors (Lipinski definition) is 4. The topological polar surface area (TPSA) is 83.5 Å². The molecule has 69 valence electrons. The molecule has 0 spiro atoms. The zero-order valence-electron chi connectivity index (χ0n) is 7.64. The van der Waals surface area contributed by atoms with Gasteiger partial charge in [-0.25, -0.2) is 0 Å². The maximum Gasteiger partial charge on any atom is 0.184 e. The van der Waals surface area contributed by atoms with E-state index < -0.39 is 0 Å². The summed E-state index contributed by atoms with van der Waals surface area (Å²) in [6.07, 6.45) is 2.76. The van der Waals surface area contributed by atoms with Gasteiger partial charge in [-0.1, -0.05) is 0 Å². The molecular weight excluding hydrogens is 211 g/mol. The number of hydrazone groups is 1. The average molecular weight is 219 g/mol. The van der Waals surface area contributed by atoms with E-state index >= 15 is 0 Å². The standard InChI is InChI=1S/C7H8N4OS.Na/c8-7(13)11-10-3-5-1-2-6(12)4-9-5;/h1-4,12H,(H3,8,11,13);. The van der Waals surface area contributed by atoms with Crippen molar-refractivity contribution in [1.29, 1.82) is 0 Å². The Bertz CT molecular complexity index is 327. The molecule has 0 aliphatic heterocycles. The number of aromatic hydroxyl groups is 1. The molecule has 1 radical (unpaired) electrons. The Hall–Kier alpha value is -0.690. The quantitative estimate of drug-likeness (QED) is 0.272. The normalized spacial score (nSPS) is 9.43. The largest absolute Gasteiger partial charge is 0.506 e. The van der Waals surface area contributed by atoms with Gasteiger partial charge in [-0.15, -0.1) is 0 Å². The van der Waals surface area contributed by atoms with Gasteiger partial charge >= 0.3 is 0 Å². The van der Waals surface area contributed by atoms with Crippen LogP contribution in [0.1, 0.15) is 5.69 Å². The van der Waals surface area contributed by atoms with Gasteiger partial charge in [-0.05, 0) is 24.4 Å². The summed E-state index contributed by atoms with van der Waals surface area (Å²) in [6, 6.07) is 3.12. The van der Waals surface area contributed by atoms with Gasteiger partial charge in [0.05, 0.1) is 18.1 Å². The van der Waals surface area contributed by atoms with Crippen molar-refractivity contribution in [3.8, 4) is 5.75 Å². The molecule has 0 amide bonds. The van der Waals surface area contributed by atoms with Crippen LogP contribution in [-0.4, -0.2) is 51.0 Å². The first-order valence-electron chi connectivity index (χ1n) is 3.42. The van der Waals surface area contributed by atoms with E-state index in [4.69, 9.17) is 10.8 Å². The Balaban J connectivity index is 0.00000169. The number of pyridine rings is 1. The predicted octanol–water partition coefficient (Wildman–Crippen LogP) is -0.427. The summed E-state index contributed by atoms with van der Waals surface area (Å²) < 4.78 is 0. The first kappa shape index (κ1) is 13.3. The molecule has 0 aliphatic carbocycles. The molecule has 1 rings (SSSR count). The number of nitrogens with zero attached hydrogens (tertiary/aromatic N) is 2. The first-order valence-corrected chi connectivity index (χ1v) is 3.83. The van der Waals surface area contributed by atoms with Crippen LogP contribution < -0.4 is 11.2 Å². The Kier molecular flexibility index (Phi) is 6.39. The molecule has 0 aliphatic rings. The third-order valence-electron chi connectivity index (χ3n) is 1.14. The fourth-order valence-corrected chi connectivity index (χ4v) is 0.689. The summed E-state index contributed by atoms with van der Waals surface area (Å²) in [4.78, 5) is 3.85. The van der Waals surface area contributed by atoms with E-state index in [0.29, 0.717) is 5.69 Å².